The minimum absolute atomic E-state index is 0.00147. The van der Waals surface area contributed by atoms with Gasteiger partial charge in [0.2, 0.25) is 0 Å². The summed E-state index contributed by atoms with van der Waals surface area (Å²) in [6, 6.07) is 7.86. The SMILES string of the molecule is CSc1ccc2cc(COC(=O)c3sc4nc5n(c(=O)c4c3C)CCC5)c(Cl)nc2c1. The lowest BCUT2D eigenvalue weighted by molar-refractivity contribution is 0.0478. The van der Waals surface area contributed by atoms with Crippen molar-refractivity contribution in [1.29, 1.82) is 0 Å². The molecule has 4 aromatic rings. The van der Waals surface area contributed by atoms with E-state index in [-0.39, 0.29) is 12.2 Å². The Labute approximate surface area is 191 Å². The number of carbonyl (C=O) groups excluding carboxylic acids is 1. The Hall–Kier alpha value is -2.42. The van der Waals surface area contributed by atoms with Crippen LogP contribution in [0.5, 0.6) is 0 Å². The summed E-state index contributed by atoms with van der Waals surface area (Å²) in [6.07, 6.45) is 3.71. The summed E-state index contributed by atoms with van der Waals surface area (Å²) in [5.74, 6) is 0.302. The first-order chi connectivity index (χ1) is 15.0. The molecule has 5 rings (SSSR count). The maximum Gasteiger partial charge on any atom is 0.349 e. The number of thioether (sulfide) groups is 1. The number of carbonyl (C=O) groups is 1. The molecule has 0 bridgehead atoms. The van der Waals surface area contributed by atoms with Gasteiger partial charge in [0, 0.05) is 28.8 Å². The molecule has 6 nitrogen and oxygen atoms in total. The van der Waals surface area contributed by atoms with E-state index in [4.69, 9.17) is 16.3 Å². The number of aromatic nitrogens is 3. The largest absolute Gasteiger partial charge is 0.457 e. The van der Waals surface area contributed by atoms with E-state index in [0.29, 0.717) is 37.9 Å². The average molecular weight is 472 g/mol. The first-order valence-electron chi connectivity index (χ1n) is 9.79. The van der Waals surface area contributed by atoms with Gasteiger partial charge in [-0.15, -0.1) is 23.1 Å². The third kappa shape index (κ3) is 3.52. The molecule has 0 saturated carbocycles. The van der Waals surface area contributed by atoms with Crippen LogP contribution in [0.3, 0.4) is 0 Å². The van der Waals surface area contributed by atoms with Crippen molar-refractivity contribution >= 4 is 61.8 Å². The zero-order chi connectivity index (χ0) is 21.7. The molecule has 1 aliphatic heterocycles. The topological polar surface area (TPSA) is 74.1 Å². The standard InChI is InChI=1S/C22H18ClN3O3S2/c1-11-17-20(25-16-4-3-7-26(16)21(17)27)31-18(11)22(28)29-10-13-8-12-5-6-14(30-2)9-15(12)24-19(13)23/h5-6,8-9H,3-4,7,10H2,1-2H3. The molecular formula is C22H18ClN3O3S2. The molecule has 0 radical (unpaired) electrons. The number of ether oxygens (including phenoxy) is 1. The van der Waals surface area contributed by atoms with Gasteiger partial charge in [-0.05, 0) is 43.4 Å². The second-order valence-electron chi connectivity index (χ2n) is 7.40. The summed E-state index contributed by atoms with van der Waals surface area (Å²) < 4.78 is 7.25. The molecule has 3 aromatic heterocycles. The van der Waals surface area contributed by atoms with Gasteiger partial charge in [0.1, 0.15) is 27.3 Å². The third-order valence-electron chi connectivity index (χ3n) is 5.51. The van der Waals surface area contributed by atoms with E-state index < -0.39 is 5.97 Å². The Bertz CT molecular complexity index is 1430. The van der Waals surface area contributed by atoms with Gasteiger partial charge in [0.05, 0.1) is 10.9 Å². The van der Waals surface area contributed by atoms with Crippen LogP contribution in [0.15, 0.2) is 34.0 Å². The average Bonchev–Trinajstić information content (AvgIpc) is 3.36. The monoisotopic (exact) mass is 471 g/mol. The van der Waals surface area contributed by atoms with Crippen LogP contribution < -0.4 is 5.56 Å². The normalized spacial score (nSPS) is 13.1. The fourth-order valence-corrected chi connectivity index (χ4v) is 5.59. The zero-order valence-electron chi connectivity index (χ0n) is 16.9. The highest BCUT2D eigenvalue weighted by atomic mass is 35.5. The van der Waals surface area contributed by atoms with Crippen molar-refractivity contribution < 1.29 is 9.53 Å². The number of aryl methyl sites for hydroxylation is 2. The molecule has 0 atom stereocenters. The molecule has 9 heteroatoms. The van der Waals surface area contributed by atoms with Crippen LogP contribution in [0.25, 0.3) is 21.1 Å². The number of halogens is 1. The summed E-state index contributed by atoms with van der Waals surface area (Å²) in [7, 11) is 0. The fourth-order valence-electron chi connectivity index (χ4n) is 3.87. The van der Waals surface area contributed by atoms with Crippen LogP contribution in [-0.4, -0.2) is 26.8 Å². The van der Waals surface area contributed by atoms with Crippen LogP contribution in [-0.2, 0) is 24.3 Å². The minimum Gasteiger partial charge on any atom is -0.457 e. The van der Waals surface area contributed by atoms with Gasteiger partial charge in [-0.3, -0.25) is 9.36 Å². The first kappa shape index (κ1) is 20.5. The molecule has 0 fully saturated rings. The molecule has 0 aliphatic carbocycles. The molecule has 0 unspecified atom stereocenters. The lowest BCUT2D eigenvalue weighted by Crippen LogP contribution is -2.20. The van der Waals surface area contributed by atoms with Crippen molar-refractivity contribution in [2.75, 3.05) is 6.26 Å². The maximum atomic E-state index is 12.8. The molecule has 31 heavy (non-hydrogen) atoms. The molecular weight excluding hydrogens is 454 g/mol. The van der Waals surface area contributed by atoms with Crippen LogP contribution >= 0.6 is 34.7 Å². The van der Waals surface area contributed by atoms with Crippen LogP contribution in [0.1, 0.15) is 33.0 Å². The highest BCUT2D eigenvalue weighted by Crippen LogP contribution is 2.30. The Kier molecular flexibility index (Phi) is 5.24. The highest BCUT2D eigenvalue weighted by Gasteiger charge is 2.24. The number of hydrogen-bond acceptors (Lipinski definition) is 7. The van der Waals surface area contributed by atoms with Crippen molar-refractivity contribution in [1.82, 2.24) is 14.5 Å². The summed E-state index contributed by atoms with van der Waals surface area (Å²) in [5, 5.41) is 1.75. The number of benzene rings is 1. The molecule has 158 valence electrons. The number of esters is 1. The number of pyridine rings is 1. The fraction of sp³-hybridized carbons (Fsp3) is 0.273. The van der Waals surface area contributed by atoms with Crippen molar-refractivity contribution in [3.8, 4) is 0 Å². The van der Waals surface area contributed by atoms with Crippen molar-refractivity contribution in [3.63, 3.8) is 0 Å². The summed E-state index contributed by atoms with van der Waals surface area (Å²) in [4.78, 5) is 36.8. The van der Waals surface area contributed by atoms with Crippen molar-refractivity contribution in [3.05, 3.63) is 61.6 Å². The van der Waals surface area contributed by atoms with E-state index in [1.165, 1.54) is 11.3 Å². The minimum atomic E-state index is -0.487. The van der Waals surface area contributed by atoms with Crippen molar-refractivity contribution in [2.45, 2.75) is 37.8 Å². The quantitative estimate of drug-likeness (QED) is 0.237. The molecule has 0 N–H and O–H groups in total. The molecule has 1 aliphatic rings. The zero-order valence-corrected chi connectivity index (χ0v) is 19.3. The number of fused-ring (bicyclic) bond motifs is 3. The van der Waals surface area contributed by atoms with E-state index in [1.54, 1.807) is 23.3 Å². The molecule has 0 saturated heterocycles. The number of nitrogens with zero attached hydrogens (tertiary/aromatic N) is 3. The Morgan fingerprint density at radius 1 is 1.32 bits per heavy atom. The second-order valence-corrected chi connectivity index (χ2v) is 9.63. The number of rotatable bonds is 4. The van der Waals surface area contributed by atoms with E-state index >= 15 is 0 Å². The van der Waals surface area contributed by atoms with Gasteiger partial charge < -0.3 is 4.74 Å². The first-order valence-corrected chi connectivity index (χ1v) is 12.2. The maximum absolute atomic E-state index is 12.8. The lowest BCUT2D eigenvalue weighted by atomic mass is 10.1. The van der Waals surface area contributed by atoms with Gasteiger partial charge in [0.15, 0.2) is 0 Å². The van der Waals surface area contributed by atoms with Gasteiger partial charge >= 0.3 is 5.97 Å². The van der Waals surface area contributed by atoms with Gasteiger partial charge in [-0.1, -0.05) is 17.7 Å². The van der Waals surface area contributed by atoms with E-state index in [1.807, 2.05) is 30.5 Å². The Balaban J connectivity index is 1.43. The van der Waals surface area contributed by atoms with Crippen LogP contribution in [0, 0.1) is 6.92 Å². The molecule has 0 amide bonds. The summed E-state index contributed by atoms with van der Waals surface area (Å²) in [6.45, 7) is 2.45. The van der Waals surface area contributed by atoms with Gasteiger partial charge in [0.25, 0.3) is 5.56 Å². The molecule has 1 aromatic carbocycles. The Morgan fingerprint density at radius 3 is 2.97 bits per heavy atom. The smallest absolute Gasteiger partial charge is 0.349 e. The lowest BCUT2D eigenvalue weighted by Gasteiger charge is -2.08. The molecule has 4 heterocycles. The predicted octanol–water partition coefficient (Wildman–Crippen LogP) is 4.99. The van der Waals surface area contributed by atoms with Gasteiger partial charge in [-0.25, -0.2) is 14.8 Å². The second kappa shape index (κ2) is 7.93. The van der Waals surface area contributed by atoms with Gasteiger partial charge in [-0.2, -0.15) is 0 Å². The predicted molar refractivity (Wildman–Crippen MR) is 125 cm³/mol. The molecule has 0 spiro atoms. The summed E-state index contributed by atoms with van der Waals surface area (Å²) >= 11 is 9.19. The van der Waals surface area contributed by atoms with E-state index in [9.17, 15) is 9.59 Å². The van der Waals surface area contributed by atoms with E-state index in [2.05, 4.69) is 9.97 Å². The highest BCUT2D eigenvalue weighted by molar-refractivity contribution is 7.98. The van der Waals surface area contributed by atoms with Crippen molar-refractivity contribution in [2.24, 2.45) is 0 Å². The Morgan fingerprint density at radius 2 is 2.16 bits per heavy atom. The van der Waals surface area contributed by atoms with Crippen LogP contribution in [0.2, 0.25) is 5.15 Å². The van der Waals surface area contributed by atoms with Crippen LogP contribution in [0.4, 0.5) is 0 Å². The third-order valence-corrected chi connectivity index (χ3v) is 7.72. The summed E-state index contributed by atoms with van der Waals surface area (Å²) in [5.41, 5.74) is 1.98. The number of hydrogen-bond donors (Lipinski definition) is 0. The number of thiophene rings is 1. The van der Waals surface area contributed by atoms with E-state index in [0.717, 1.165) is 34.5 Å².